The number of cyclic esters (lactones) is 1. The van der Waals surface area contributed by atoms with E-state index in [9.17, 15) is 9.59 Å². The number of para-hydroxylation sites is 1. The Morgan fingerprint density at radius 2 is 1.95 bits per heavy atom. The Morgan fingerprint density at radius 1 is 1.25 bits per heavy atom. The molecule has 2 heterocycles. The van der Waals surface area contributed by atoms with Crippen LogP contribution in [0, 0.1) is 17.3 Å². The average molecular weight is 564 g/mol. The fourth-order valence-corrected chi connectivity index (χ4v) is 8.82. The molecule has 0 unspecified atom stereocenters. The minimum atomic E-state index is -2.11. The van der Waals surface area contributed by atoms with Gasteiger partial charge in [0.1, 0.15) is 18.1 Å². The Bertz CT molecular complexity index is 1400. The molecule has 0 bridgehead atoms. The Hall–Kier alpha value is -2.64. The fourth-order valence-electron chi connectivity index (χ4n) is 7.56. The number of rotatable bonds is 5. The van der Waals surface area contributed by atoms with Crippen LogP contribution < -0.4 is 0 Å². The van der Waals surface area contributed by atoms with Crippen molar-refractivity contribution in [2.45, 2.75) is 90.0 Å². The van der Waals surface area contributed by atoms with Crippen molar-refractivity contribution in [3.63, 3.8) is 0 Å². The van der Waals surface area contributed by atoms with Gasteiger partial charge < -0.3 is 18.9 Å². The van der Waals surface area contributed by atoms with Gasteiger partial charge in [-0.25, -0.2) is 4.79 Å². The SMILES string of the molecule is C=C1CC[C@H]2[C@@](C)(Cc3c([nH]c4ccccc34)[C@@]2(C)C(=O)OC)[C@@H]1C/C=C1/C(=O)OC[C@H]1O[Si](C)(C)C(C)(C)C. The van der Waals surface area contributed by atoms with Crippen molar-refractivity contribution in [3.8, 4) is 0 Å². The zero-order valence-electron chi connectivity index (χ0n) is 25.4. The lowest BCUT2D eigenvalue weighted by Crippen LogP contribution is -2.57. The third-order valence-corrected chi connectivity index (χ3v) is 15.3. The van der Waals surface area contributed by atoms with Gasteiger partial charge >= 0.3 is 11.9 Å². The summed E-state index contributed by atoms with van der Waals surface area (Å²) in [5, 5.41) is 1.18. The van der Waals surface area contributed by atoms with E-state index in [0.29, 0.717) is 12.0 Å². The number of methoxy groups -OCH3 is 1. The number of H-pyrrole nitrogens is 1. The quantitative estimate of drug-likeness (QED) is 0.183. The molecule has 6 nitrogen and oxygen atoms in total. The molecule has 1 N–H and O–H groups in total. The van der Waals surface area contributed by atoms with Crippen LogP contribution in [-0.2, 0) is 35.3 Å². The van der Waals surface area contributed by atoms with Crippen LogP contribution in [0.5, 0.6) is 0 Å². The smallest absolute Gasteiger partial charge is 0.336 e. The minimum absolute atomic E-state index is 0.0274. The predicted molar refractivity (Wildman–Crippen MR) is 161 cm³/mol. The van der Waals surface area contributed by atoms with Gasteiger partial charge in [0.2, 0.25) is 0 Å². The van der Waals surface area contributed by atoms with Crippen LogP contribution in [0.3, 0.4) is 0 Å². The molecular weight excluding hydrogens is 518 g/mol. The number of carbonyl (C=O) groups is 2. The second kappa shape index (κ2) is 9.73. The van der Waals surface area contributed by atoms with E-state index in [1.54, 1.807) is 0 Å². The topological polar surface area (TPSA) is 77.6 Å². The first-order valence-electron chi connectivity index (χ1n) is 14.6. The molecule has 5 atom stereocenters. The normalized spacial score (nSPS) is 31.7. The molecule has 1 aromatic carbocycles. The molecule has 40 heavy (non-hydrogen) atoms. The predicted octanol–water partition coefficient (Wildman–Crippen LogP) is 7.01. The van der Waals surface area contributed by atoms with Gasteiger partial charge in [-0.15, -0.1) is 0 Å². The van der Waals surface area contributed by atoms with Gasteiger partial charge in [0.15, 0.2) is 8.32 Å². The number of carbonyl (C=O) groups excluding carboxylic acids is 2. The third kappa shape index (κ3) is 4.31. The van der Waals surface area contributed by atoms with Crippen molar-refractivity contribution >= 4 is 31.2 Å². The van der Waals surface area contributed by atoms with Gasteiger partial charge in [0, 0.05) is 16.6 Å². The second-order valence-electron chi connectivity index (χ2n) is 14.1. The molecule has 0 spiro atoms. The number of benzene rings is 1. The van der Waals surface area contributed by atoms with Gasteiger partial charge in [-0.1, -0.05) is 64.1 Å². The lowest BCUT2D eigenvalue weighted by Gasteiger charge is -2.57. The molecule has 2 aliphatic carbocycles. The van der Waals surface area contributed by atoms with E-state index in [0.717, 1.165) is 35.9 Å². The average Bonchev–Trinajstić information content (AvgIpc) is 3.42. The van der Waals surface area contributed by atoms with Gasteiger partial charge in [-0.05, 0) is 79.6 Å². The van der Waals surface area contributed by atoms with Crippen LogP contribution >= 0.6 is 0 Å². The molecule has 1 saturated heterocycles. The van der Waals surface area contributed by atoms with Crippen LogP contribution in [0.2, 0.25) is 18.1 Å². The summed E-state index contributed by atoms with van der Waals surface area (Å²) in [4.78, 5) is 30.1. The van der Waals surface area contributed by atoms with E-state index in [1.165, 1.54) is 18.2 Å². The van der Waals surface area contributed by atoms with Crippen molar-refractivity contribution in [2.75, 3.05) is 13.7 Å². The first kappa shape index (κ1) is 28.9. The summed E-state index contributed by atoms with van der Waals surface area (Å²) in [6, 6.07) is 8.29. The number of ether oxygens (including phenoxy) is 2. The fraction of sp³-hybridized carbons (Fsp3) is 0.576. The highest BCUT2D eigenvalue weighted by Gasteiger charge is 2.61. The summed E-state index contributed by atoms with van der Waals surface area (Å²) in [7, 11) is -0.620. The molecule has 3 aliphatic rings. The lowest BCUT2D eigenvalue weighted by atomic mass is 9.46. The highest BCUT2D eigenvalue weighted by Crippen LogP contribution is 2.62. The standard InChI is InChI=1S/C33H45NO5Si/c1-20-14-17-27-32(5,18-23-21-12-10-11-13-25(21)34-28(23)33(27,6)30(36)37-7)24(20)16-15-22-26(19-38-29(22)35)39-40(8,9)31(2,3)4/h10-13,15,24,26-27,34H,1,14,16-19H2,2-9H3/b22-15+/t24-,26-,27+,32+,33+/m1/s1. The summed E-state index contributed by atoms with van der Waals surface area (Å²) in [5.74, 6) is -0.347. The number of fused-ring (bicyclic) bond motifs is 4. The van der Waals surface area contributed by atoms with E-state index in [2.05, 4.69) is 83.6 Å². The van der Waals surface area contributed by atoms with Crippen LogP contribution in [0.4, 0.5) is 0 Å². The molecule has 216 valence electrons. The summed E-state index contributed by atoms with van der Waals surface area (Å²) in [6.45, 7) is 20.2. The molecule has 1 aromatic heterocycles. The number of hydrogen-bond acceptors (Lipinski definition) is 5. The van der Waals surface area contributed by atoms with E-state index in [1.807, 2.05) is 6.07 Å². The molecule has 1 saturated carbocycles. The van der Waals surface area contributed by atoms with E-state index in [-0.39, 0.29) is 46.9 Å². The Kier molecular flexibility index (Phi) is 7.02. The second-order valence-corrected chi connectivity index (χ2v) is 18.8. The number of hydrogen-bond donors (Lipinski definition) is 1. The summed E-state index contributed by atoms with van der Waals surface area (Å²) in [6.07, 6.45) is 4.89. The van der Waals surface area contributed by atoms with Crippen molar-refractivity contribution in [1.82, 2.24) is 4.98 Å². The summed E-state index contributed by atoms with van der Waals surface area (Å²) in [5.41, 5.74) is 3.95. The number of aromatic amines is 1. The molecular formula is C33H45NO5Si. The molecule has 7 heteroatoms. The van der Waals surface area contributed by atoms with Crippen LogP contribution in [0.1, 0.15) is 65.1 Å². The van der Waals surface area contributed by atoms with E-state index in [4.69, 9.17) is 13.9 Å². The monoisotopic (exact) mass is 563 g/mol. The zero-order valence-corrected chi connectivity index (χ0v) is 26.4. The van der Waals surface area contributed by atoms with Crippen molar-refractivity contribution in [2.24, 2.45) is 17.3 Å². The maximum absolute atomic E-state index is 13.6. The number of nitrogens with one attached hydrogen (secondary N) is 1. The highest BCUT2D eigenvalue weighted by atomic mass is 28.4. The Balaban J connectivity index is 1.55. The molecule has 1 aliphatic heterocycles. The molecule has 2 aromatic rings. The maximum Gasteiger partial charge on any atom is 0.336 e. The lowest BCUT2D eigenvalue weighted by molar-refractivity contribution is -0.155. The van der Waals surface area contributed by atoms with Gasteiger partial charge in [0.25, 0.3) is 0 Å². The van der Waals surface area contributed by atoms with Crippen molar-refractivity contribution < 1.29 is 23.5 Å². The van der Waals surface area contributed by atoms with E-state index < -0.39 is 13.7 Å². The molecule has 0 radical (unpaired) electrons. The Morgan fingerprint density at radius 3 is 2.62 bits per heavy atom. The largest absolute Gasteiger partial charge is 0.468 e. The third-order valence-electron chi connectivity index (χ3n) is 10.8. The Labute approximate surface area is 239 Å². The van der Waals surface area contributed by atoms with Crippen LogP contribution in [0.15, 0.2) is 48.1 Å². The van der Waals surface area contributed by atoms with Gasteiger partial charge in [0.05, 0.1) is 12.7 Å². The molecule has 2 fully saturated rings. The van der Waals surface area contributed by atoms with Gasteiger partial charge in [-0.3, -0.25) is 4.79 Å². The van der Waals surface area contributed by atoms with Crippen LogP contribution in [-0.4, -0.2) is 45.1 Å². The summed E-state index contributed by atoms with van der Waals surface area (Å²) < 4.78 is 17.6. The number of aromatic nitrogens is 1. The van der Waals surface area contributed by atoms with Crippen LogP contribution in [0.25, 0.3) is 10.9 Å². The molecule has 5 rings (SSSR count). The first-order chi connectivity index (χ1) is 18.6. The number of allylic oxidation sites excluding steroid dienone is 2. The number of esters is 2. The highest BCUT2D eigenvalue weighted by molar-refractivity contribution is 6.74. The minimum Gasteiger partial charge on any atom is -0.468 e. The van der Waals surface area contributed by atoms with Gasteiger partial charge in [-0.2, -0.15) is 0 Å². The first-order valence-corrected chi connectivity index (χ1v) is 17.5. The molecule has 0 amide bonds. The van der Waals surface area contributed by atoms with Crippen molar-refractivity contribution in [1.29, 1.82) is 0 Å². The van der Waals surface area contributed by atoms with E-state index >= 15 is 0 Å². The summed E-state index contributed by atoms with van der Waals surface area (Å²) >= 11 is 0. The zero-order chi connectivity index (χ0) is 29.3. The maximum atomic E-state index is 13.6. The van der Waals surface area contributed by atoms with Crippen molar-refractivity contribution in [3.05, 3.63) is 59.3 Å².